The topological polar surface area (TPSA) is 90.9 Å². The predicted molar refractivity (Wildman–Crippen MR) is 137 cm³/mol. The summed E-state index contributed by atoms with van der Waals surface area (Å²) in [5, 5.41) is 5.77. The van der Waals surface area contributed by atoms with E-state index in [1.165, 1.54) is 0 Å². The lowest BCUT2D eigenvalue weighted by Gasteiger charge is -2.39. The van der Waals surface area contributed by atoms with Crippen molar-refractivity contribution in [2.24, 2.45) is 0 Å². The summed E-state index contributed by atoms with van der Waals surface area (Å²) in [6.07, 6.45) is 5.37. The van der Waals surface area contributed by atoms with Crippen LogP contribution in [-0.2, 0) is 4.74 Å². The number of aromatic nitrogens is 2. The summed E-state index contributed by atoms with van der Waals surface area (Å²) >= 11 is 1.55. The second kappa shape index (κ2) is 12.8. The molecule has 0 spiro atoms. The lowest BCUT2D eigenvalue weighted by Crippen LogP contribution is -2.54. The highest BCUT2D eigenvalue weighted by Crippen LogP contribution is 2.31. The van der Waals surface area contributed by atoms with Gasteiger partial charge in [0.1, 0.15) is 11.5 Å². The Morgan fingerprint density at radius 2 is 1.86 bits per heavy atom. The number of anilines is 1. The molecule has 0 aromatic carbocycles. The van der Waals surface area contributed by atoms with Crippen LogP contribution in [-0.4, -0.2) is 90.7 Å². The highest BCUT2D eigenvalue weighted by atomic mass is 32.1. The molecule has 9 nitrogen and oxygen atoms in total. The van der Waals surface area contributed by atoms with Gasteiger partial charge in [-0.1, -0.05) is 13.0 Å². The van der Waals surface area contributed by atoms with Gasteiger partial charge >= 0.3 is 6.03 Å². The van der Waals surface area contributed by atoms with Gasteiger partial charge in [-0.3, -0.25) is 4.79 Å². The van der Waals surface area contributed by atoms with Crippen LogP contribution in [0.4, 0.5) is 10.6 Å². The van der Waals surface area contributed by atoms with Gasteiger partial charge in [0.15, 0.2) is 0 Å². The number of amides is 3. The standard InChI is InChI=1S/C25H36N6O3S/c1-2-17-34-18-5-10-27-23(32)21-19-35-24(28-21)20-7-11-30(12-8-20)25(33)31-15-13-29(14-16-31)22-6-3-4-9-26-22/h3-4,6,9,19-20H,2,5,7-8,10-18H2,1H3,(H,27,32). The molecule has 2 saturated heterocycles. The van der Waals surface area contributed by atoms with Gasteiger partial charge in [-0.05, 0) is 37.8 Å². The Bertz CT molecular complexity index is 940. The minimum atomic E-state index is -0.125. The van der Waals surface area contributed by atoms with Crippen molar-refractivity contribution in [2.75, 3.05) is 63.9 Å². The SMILES string of the molecule is CCCOCCCNC(=O)c1csc(C2CCN(C(=O)N3CCN(c4ccccn4)CC3)CC2)n1. The fourth-order valence-corrected chi connectivity index (χ4v) is 5.45. The largest absolute Gasteiger partial charge is 0.381 e. The number of hydrogen-bond acceptors (Lipinski definition) is 7. The molecule has 0 radical (unpaired) electrons. The van der Waals surface area contributed by atoms with E-state index in [2.05, 4.69) is 27.1 Å². The third-order valence-electron chi connectivity index (χ3n) is 6.49. The number of rotatable bonds is 9. The summed E-state index contributed by atoms with van der Waals surface area (Å²) in [7, 11) is 0. The van der Waals surface area contributed by atoms with Crippen LogP contribution in [0, 0.1) is 0 Å². The normalized spacial score (nSPS) is 17.0. The number of nitrogens with zero attached hydrogens (tertiary/aromatic N) is 5. The smallest absolute Gasteiger partial charge is 0.320 e. The average molecular weight is 501 g/mol. The Morgan fingerprint density at radius 3 is 2.57 bits per heavy atom. The highest BCUT2D eigenvalue weighted by molar-refractivity contribution is 7.09. The van der Waals surface area contributed by atoms with Crippen molar-refractivity contribution < 1.29 is 14.3 Å². The van der Waals surface area contributed by atoms with Crippen LogP contribution in [0.2, 0.25) is 0 Å². The fourth-order valence-electron chi connectivity index (χ4n) is 4.48. The van der Waals surface area contributed by atoms with Gasteiger partial charge < -0.3 is 24.8 Å². The summed E-state index contributed by atoms with van der Waals surface area (Å²) in [4.78, 5) is 40.6. The van der Waals surface area contributed by atoms with Crippen molar-refractivity contribution in [1.29, 1.82) is 0 Å². The first-order valence-electron chi connectivity index (χ1n) is 12.7. The minimum Gasteiger partial charge on any atom is -0.381 e. The molecule has 2 aliphatic rings. The molecule has 0 unspecified atom stereocenters. The van der Waals surface area contributed by atoms with E-state index in [0.29, 0.717) is 37.9 Å². The molecule has 0 saturated carbocycles. The van der Waals surface area contributed by atoms with Crippen molar-refractivity contribution in [2.45, 2.75) is 38.5 Å². The monoisotopic (exact) mass is 500 g/mol. The third kappa shape index (κ3) is 6.91. The average Bonchev–Trinajstić information content (AvgIpc) is 3.41. The number of carbonyl (C=O) groups is 2. The molecule has 0 atom stereocenters. The fraction of sp³-hybridized carbons (Fsp3) is 0.600. The molecular formula is C25H36N6O3S. The maximum absolute atomic E-state index is 13.1. The Labute approximate surface area is 211 Å². The van der Waals surface area contributed by atoms with Crippen molar-refractivity contribution in [1.82, 2.24) is 25.1 Å². The molecule has 4 rings (SSSR count). The number of nitrogens with one attached hydrogen (secondary N) is 1. The first-order valence-corrected chi connectivity index (χ1v) is 13.5. The number of ether oxygens (including phenoxy) is 1. The zero-order valence-corrected chi connectivity index (χ0v) is 21.3. The number of urea groups is 1. The van der Waals surface area contributed by atoms with Crippen LogP contribution in [0.25, 0.3) is 0 Å². The number of likely N-dealkylation sites (tertiary alicyclic amines) is 1. The highest BCUT2D eigenvalue weighted by Gasteiger charge is 2.30. The maximum atomic E-state index is 13.1. The molecule has 1 N–H and O–H groups in total. The van der Waals surface area contributed by atoms with Crippen molar-refractivity contribution >= 4 is 29.1 Å². The van der Waals surface area contributed by atoms with Gasteiger partial charge in [0.2, 0.25) is 0 Å². The molecule has 2 aromatic heterocycles. The summed E-state index contributed by atoms with van der Waals surface area (Å²) in [6, 6.07) is 6.05. The van der Waals surface area contributed by atoms with E-state index >= 15 is 0 Å². The number of thiazole rings is 1. The number of piperazine rings is 1. The maximum Gasteiger partial charge on any atom is 0.320 e. The Hall–Kier alpha value is -2.72. The zero-order chi connectivity index (χ0) is 24.5. The first-order chi connectivity index (χ1) is 17.2. The van der Waals surface area contributed by atoms with Crippen LogP contribution in [0.5, 0.6) is 0 Å². The molecule has 0 bridgehead atoms. The van der Waals surface area contributed by atoms with E-state index in [0.717, 1.165) is 69.3 Å². The second-order valence-corrected chi connectivity index (χ2v) is 9.89. The molecule has 4 heterocycles. The summed E-state index contributed by atoms with van der Waals surface area (Å²) in [6.45, 7) is 8.57. The van der Waals surface area contributed by atoms with Gasteiger partial charge in [0.25, 0.3) is 5.91 Å². The second-order valence-electron chi connectivity index (χ2n) is 9.00. The lowest BCUT2D eigenvalue weighted by atomic mass is 9.98. The van der Waals surface area contributed by atoms with Crippen LogP contribution in [0.1, 0.15) is 54.0 Å². The third-order valence-corrected chi connectivity index (χ3v) is 7.50. The summed E-state index contributed by atoms with van der Waals surface area (Å²) in [5.41, 5.74) is 0.490. The van der Waals surface area contributed by atoms with Crippen molar-refractivity contribution in [3.63, 3.8) is 0 Å². The summed E-state index contributed by atoms with van der Waals surface area (Å²) in [5.74, 6) is 1.15. The minimum absolute atomic E-state index is 0.125. The van der Waals surface area contributed by atoms with Gasteiger partial charge in [0, 0.05) is 76.5 Å². The zero-order valence-electron chi connectivity index (χ0n) is 20.5. The molecule has 2 fully saturated rings. The Balaban J connectivity index is 1.18. The number of carbonyl (C=O) groups excluding carboxylic acids is 2. The molecule has 2 aliphatic heterocycles. The molecular weight excluding hydrogens is 464 g/mol. The van der Waals surface area contributed by atoms with Gasteiger partial charge in [-0.25, -0.2) is 14.8 Å². The molecule has 2 aromatic rings. The van der Waals surface area contributed by atoms with Gasteiger partial charge in [-0.2, -0.15) is 0 Å². The van der Waals surface area contributed by atoms with E-state index in [1.54, 1.807) is 17.5 Å². The van der Waals surface area contributed by atoms with Crippen LogP contribution in [0.15, 0.2) is 29.8 Å². The van der Waals surface area contributed by atoms with E-state index in [1.807, 2.05) is 33.4 Å². The van der Waals surface area contributed by atoms with Crippen molar-refractivity contribution in [3.8, 4) is 0 Å². The van der Waals surface area contributed by atoms with Crippen LogP contribution >= 0.6 is 11.3 Å². The Kier molecular flexibility index (Phi) is 9.30. The predicted octanol–water partition coefficient (Wildman–Crippen LogP) is 3.21. The van der Waals surface area contributed by atoms with Gasteiger partial charge in [-0.15, -0.1) is 11.3 Å². The van der Waals surface area contributed by atoms with Crippen LogP contribution < -0.4 is 10.2 Å². The van der Waals surface area contributed by atoms with Gasteiger partial charge in [0.05, 0.1) is 5.01 Å². The van der Waals surface area contributed by atoms with E-state index in [4.69, 9.17) is 4.74 Å². The quantitative estimate of drug-likeness (QED) is 0.532. The first kappa shape index (κ1) is 25.4. The number of piperidine rings is 1. The number of pyridine rings is 1. The summed E-state index contributed by atoms with van der Waals surface area (Å²) < 4.78 is 5.44. The van der Waals surface area contributed by atoms with E-state index in [-0.39, 0.29) is 11.9 Å². The van der Waals surface area contributed by atoms with Crippen molar-refractivity contribution in [3.05, 3.63) is 40.5 Å². The molecule has 3 amide bonds. The lowest BCUT2D eigenvalue weighted by molar-refractivity contribution is 0.0937. The molecule has 190 valence electrons. The van der Waals surface area contributed by atoms with E-state index in [9.17, 15) is 9.59 Å². The molecule has 10 heteroatoms. The Morgan fingerprint density at radius 1 is 1.09 bits per heavy atom. The molecule has 35 heavy (non-hydrogen) atoms. The molecule has 0 aliphatic carbocycles. The van der Waals surface area contributed by atoms with E-state index < -0.39 is 0 Å². The number of hydrogen-bond donors (Lipinski definition) is 1. The van der Waals surface area contributed by atoms with Crippen LogP contribution in [0.3, 0.4) is 0 Å².